The van der Waals surface area contributed by atoms with Crippen LogP contribution in [0.25, 0.3) is 11.1 Å². The Morgan fingerprint density at radius 2 is 1.97 bits per heavy atom. The standard InChI is InChI=1S/C23H22Cl2N4O/c1-14-12-26-8-7-17(14)18-13-27-15(2)28-23(18)21-4-3-9-29(21)22(30)11-16-5-6-19(24)20(25)10-16/h5-8,10,12-13,21H,3-4,9,11H2,1-2H3/t21-/m1/s1. The lowest BCUT2D eigenvalue weighted by atomic mass is 9.97. The molecule has 154 valence electrons. The third kappa shape index (κ3) is 4.18. The summed E-state index contributed by atoms with van der Waals surface area (Å²) in [6, 6.07) is 7.23. The highest BCUT2D eigenvalue weighted by molar-refractivity contribution is 6.42. The Kier molecular flexibility index (Phi) is 6.02. The van der Waals surface area contributed by atoms with E-state index >= 15 is 0 Å². The average Bonchev–Trinajstić information content (AvgIpc) is 3.21. The molecule has 1 aliphatic rings. The van der Waals surface area contributed by atoms with Gasteiger partial charge >= 0.3 is 0 Å². The molecule has 1 aromatic carbocycles. The van der Waals surface area contributed by atoms with Crippen molar-refractivity contribution in [2.45, 2.75) is 39.2 Å². The molecule has 0 aliphatic carbocycles. The van der Waals surface area contributed by atoms with Crippen LogP contribution in [0.15, 0.2) is 42.9 Å². The zero-order chi connectivity index (χ0) is 21.3. The Morgan fingerprint density at radius 1 is 1.13 bits per heavy atom. The first-order valence-corrected chi connectivity index (χ1v) is 10.7. The monoisotopic (exact) mass is 440 g/mol. The number of amides is 1. The van der Waals surface area contributed by atoms with Crippen molar-refractivity contribution in [1.82, 2.24) is 19.9 Å². The second-order valence-corrected chi connectivity index (χ2v) is 8.39. The van der Waals surface area contributed by atoms with Crippen LogP contribution in [0.1, 0.15) is 41.5 Å². The molecule has 0 saturated carbocycles. The van der Waals surface area contributed by atoms with Crippen molar-refractivity contribution in [3.05, 3.63) is 75.5 Å². The van der Waals surface area contributed by atoms with Gasteiger partial charge in [-0.25, -0.2) is 9.97 Å². The third-order valence-corrected chi connectivity index (χ3v) is 6.22. The normalized spacial score (nSPS) is 16.1. The van der Waals surface area contributed by atoms with Crippen LogP contribution >= 0.6 is 23.2 Å². The summed E-state index contributed by atoms with van der Waals surface area (Å²) in [5.74, 6) is 0.758. The summed E-state index contributed by atoms with van der Waals surface area (Å²) in [6.07, 6.45) is 7.56. The lowest BCUT2D eigenvalue weighted by Crippen LogP contribution is -2.32. The smallest absolute Gasteiger partial charge is 0.227 e. The van der Waals surface area contributed by atoms with Crippen molar-refractivity contribution in [3.63, 3.8) is 0 Å². The van der Waals surface area contributed by atoms with Gasteiger partial charge < -0.3 is 4.90 Å². The fraction of sp³-hybridized carbons (Fsp3) is 0.304. The van der Waals surface area contributed by atoms with Crippen LogP contribution in [0.5, 0.6) is 0 Å². The highest BCUT2D eigenvalue weighted by Gasteiger charge is 2.33. The van der Waals surface area contributed by atoms with Crippen molar-refractivity contribution in [3.8, 4) is 11.1 Å². The van der Waals surface area contributed by atoms with Crippen LogP contribution in [0, 0.1) is 13.8 Å². The second kappa shape index (κ2) is 8.70. The van der Waals surface area contributed by atoms with Crippen molar-refractivity contribution in [2.75, 3.05) is 6.54 Å². The lowest BCUT2D eigenvalue weighted by molar-refractivity contribution is -0.131. The summed E-state index contributed by atoms with van der Waals surface area (Å²) in [4.78, 5) is 28.5. The summed E-state index contributed by atoms with van der Waals surface area (Å²) < 4.78 is 0. The molecule has 0 bridgehead atoms. The van der Waals surface area contributed by atoms with E-state index in [1.165, 1.54) is 0 Å². The number of carbonyl (C=O) groups excluding carboxylic acids is 1. The molecule has 0 unspecified atom stereocenters. The Labute approximate surface area is 186 Å². The topological polar surface area (TPSA) is 59.0 Å². The van der Waals surface area contributed by atoms with E-state index in [-0.39, 0.29) is 18.4 Å². The molecule has 1 amide bonds. The Balaban J connectivity index is 1.66. The number of aryl methyl sites for hydroxylation is 2. The molecule has 30 heavy (non-hydrogen) atoms. The molecule has 2 aromatic heterocycles. The quantitative estimate of drug-likeness (QED) is 0.546. The predicted octanol–water partition coefficient (Wildman–Crippen LogP) is 5.37. The molecule has 0 N–H and O–H groups in total. The molecule has 4 rings (SSSR count). The number of hydrogen-bond donors (Lipinski definition) is 0. The Morgan fingerprint density at radius 3 is 2.73 bits per heavy atom. The van der Waals surface area contributed by atoms with E-state index in [1.807, 2.05) is 43.3 Å². The number of rotatable bonds is 4. The lowest BCUT2D eigenvalue weighted by Gasteiger charge is -2.26. The van der Waals surface area contributed by atoms with Crippen molar-refractivity contribution in [1.29, 1.82) is 0 Å². The van der Waals surface area contributed by atoms with Gasteiger partial charge in [-0.1, -0.05) is 29.3 Å². The molecule has 1 saturated heterocycles. The van der Waals surface area contributed by atoms with Gasteiger partial charge in [0.1, 0.15) is 5.82 Å². The molecule has 5 nitrogen and oxygen atoms in total. The maximum atomic E-state index is 13.2. The number of carbonyl (C=O) groups is 1. The minimum Gasteiger partial charge on any atom is -0.334 e. The Hall–Kier alpha value is -2.50. The van der Waals surface area contributed by atoms with Crippen LogP contribution in [0.2, 0.25) is 10.0 Å². The predicted molar refractivity (Wildman–Crippen MR) is 119 cm³/mol. The molecule has 0 radical (unpaired) electrons. The number of likely N-dealkylation sites (tertiary alicyclic amines) is 1. The maximum Gasteiger partial charge on any atom is 0.227 e. The second-order valence-electron chi connectivity index (χ2n) is 7.58. The highest BCUT2D eigenvalue weighted by atomic mass is 35.5. The minimum atomic E-state index is -0.0791. The van der Waals surface area contributed by atoms with Gasteiger partial charge in [0.05, 0.1) is 28.2 Å². The molecule has 1 fully saturated rings. The van der Waals surface area contributed by atoms with Crippen molar-refractivity contribution < 1.29 is 4.79 Å². The number of aromatic nitrogens is 3. The van der Waals surface area contributed by atoms with Crippen LogP contribution in [0.3, 0.4) is 0 Å². The zero-order valence-corrected chi connectivity index (χ0v) is 18.4. The molecular formula is C23H22Cl2N4O. The largest absolute Gasteiger partial charge is 0.334 e. The summed E-state index contributed by atoms with van der Waals surface area (Å²) in [5, 5.41) is 0.947. The number of halogens is 2. The third-order valence-electron chi connectivity index (χ3n) is 5.48. The number of benzene rings is 1. The SMILES string of the molecule is Cc1ncc(-c2ccncc2C)c([C@H]2CCCN2C(=O)Cc2ccc(Cl)c(Cl)c2)n1. The van der Waals surface area contributed by atoms with Gasteiger partial charge in [-0.3, -0.25) is 9.78 Å². The molecule has 1 atom stereocenters. The number of hydrogen-bond acceptors (Lipinski definition) is 4. The van der Waals surface area contributed by atoms with Crippen molar-refractivity contribution in [2.24, 2.45) is 0 Å². The van der Waals surface area contributed by atoms with Crippen LogP contribution in [-0.2, 0) is 11.2 Å². The van der Waals surface area contributed by atoms with E-state index in [0.717, 1.165) is 40.8 Å². The molecule has 3 heterocycles. The van der Waals surface area contributed by atoms with E-state index in [0.29, 0.717) is 22.4 Å². The van der Waals surface area contributed by atoms with E-state index in [4.69, 9.17) is 28.2 Å². The molecule has 7 heteroatoms. The van der Waals surface area contributed by atoms with E-state index in [9.17, 15) is 4.79 Å². The van der Waals surface area contributed by atoms with Gasteiger partial charge in [-0.2, -0.15) is 0 Å². The van der Waals surface area contributed by atoms with Crippen LogP contribution < -0.4 is 0 Å². The van der Waals surface area contributed by atoms with Gasteiger partial charge in [0, 0.05) is 30.7 Å². The first-order valence-electron chi connectivity index (χ1n) is 9.92. The average molecular weight is 441 g/mol. The molecule has 1 aliphatic heterocycles. The van der Waals surface area contributed by atoms with Gasteiger partial charge in [-0.15, -0.1) is 0 Å². The number of pyridine rings is 1. The fourth-order valence-electron chi connectivity index (χ4n) is 4.00. The summed E-state index contributed by atoms with van der Waals surface area (Å²) in [5.41, 5.74) is 4.81. The highest BCUT2D eigenvalue weighted by Crippen LogP contribution is 2.37. The molecule has 0 spiro atoms. The number of nitrogens with zero attached hydrogens (tertiary/aromatic N) is 4. The first-order chi connectivity index (χ1) is 14.4. The summed E-state index contributed by atoms with van der Waals surface area (Å²) in [7, 11) is 0. The van der Waals surface area contributed by atoms with Crippen LogP contribution in [0.4, 0.5) is 0 Å². The maximum absolute atomic E-state index is 13.2. The Bertz CT molecular complexity index is 1100. The van der Waals surface area contributed by atoms with E-state index in [2.05, 4.69) is 9.97 Å². The van der Waals surface area contributed by atoms with Gasteiger partial charge in [-0.05, 0) is 61.6 Å². The van der Waals surface area contributed by atoms with Gasteiger partial charge in [0.2, 0.25) is 5.91 Å². The molecular weight excluding hydrogens is 419 g/mol. The fourth-order valence-corrected chi connectivity index (χ4v) is 4.32. The molecule has 3 aromatic rings. The van der Waals surface area contributed by atoms with Crippen molar-refractivity contribution >= 4 is 29.1 Å². The van der Waals surface area contributed by atoms with E-state index in [1.54, 1.807) is 18.3 Å². The zero-order valence-electron chi connectivity index (χ0n) is 16.9. The summed E-state index contributed by atoms with van der Waals surface area (Å²) >= 11 is 12.1. The first kappa shape index (κ1) is 20.8. The minimum absolute atomic E-state index is 0.0598. The van der Waals surface area contributed by atoms with E-state index < -0.39 is 0 Å². The van der Waals surface area contributed by atoms with Gasteiger partial charge in [0.25, 0.3) is 0 Å². The summed E-state index contributed by atoms with van der Waals surface area (Å²) in [6.45, 7) is 4.61. The van der Waals surface area contributed by atoms with Crippen LogP contribution in [-0.4, -0.2) is 32.3 Å². The van der Waals surface area contributed by atoms with Gasteiger partial charge in [0.15, 0.2) is 0 Å².